The molecule has 3 nitrogen and oxygen atoms in total. The Labute approximate surface area is 102 Å². The van der Waals surface area contributed by atoms with Gasteiger partial charge in [-0.15, -0.1) is 0 Å². The third-order valence-corrected chi connectivity index (χ3v) is 3.23. The lowest BCUT2D eigenvalue weighted by atomic mass is 10.2. The molecule has 16 heavy (non-hydrogen) atoms. The number of benzene rings is 1. The molecule has 1 aliphatic heterocycles. The van der Waals surface area contributed by atoms with E-state index in [1.54, 1.807) is 12.1 Å². The molecule has 2 N–H and O–H groups in total. The highest BCUT2D eigenvalue weighted by molar-refractivity contribution is 9.10. The van der Waals surface area contributed by atoms with Crippen molar-refractivity contribution in [2.24, 2.45) is 0 Å². The molecule has 1 aromatic carbocycles. The monoisotopic (exact) mass is 289 g/mol. The zero-order chi connectivity index (χ0) is 11.7. The lowest BCUT2D eigenvalue weighted by Crippen LogP contribution is -2.22. The molecule has 2 atom stereocenters. The number of rotatable bonds is 2. The molecule has 5 heteroatoms. The van der Waals surface area contributed by atoms with Gasteiger partial charge in [-0.1, -0.05) is 15.9 Å². The quantitative estimate of drug-likeness (QED) is 0.858. The van der Waals surface area contributed by atoms with Gasteiger partial charge in [-0.3, -0.25) is 4.90 Å². The summed E-state index contributed by atoms with van der Waals surface area (Å²) >= 11 is 3.29. The average Bonchev–Trinajstić information content (AvgIpc) is 2.52. The first-order valence-corrected chi connectivity index (χ1v) is 5.88. The number of hydrogen-bond acceptors (Lipinski definition) is 3. The van der Waals surface area contributed by atoms with Crippen LogP contribution in [0, 0.1) is 5.82 Å². The summed E-state index contributed by atoms with van der Waals surface area (Å²) in [7, 11) is 0. The van der Waals surface area contributed by atoms with Crippen LogP contribution in [-0.2, 0) is 6.54 Å². The topological polar surface area (TPSA) is 43.7 Å². The van der Waals surface area contributed by atoms with Crippen molar-refractivity contribution in [3.63, 3.8) is 0 Å². The first kappa shape index (κ1) is 12.0. The smallest absolute Gasteiger partial charge is 0.127 e. The van der Waals surface area contributed by atoms with Crippen molar-refractivity contribution in [2.75, 3.05) is 13.1 Å². The number of halogens is 2. The van der Waals surface area contributed by atoms with E-state index in [4.69, 9.17) is 0 Å². The zero-order valence-electron chi connectivity index (χ0n) is 8.61. The minimum absolute atomic E-state index is 0.265. The van der Waals surface area contributed by atoms with Crippen LogP contribution < -0.4 is 0 Å². The molecular formula is C11H13BrFNO2. The summed E-state index contributed by atoms with van der Waals surface area (Å²) in [5.74, 6) is -0.265. The van der Waals surface area contributed by atoms with Gasteiger partial charge in [0.05, 0.1) is 12.2 Å². The molecule has 0 radical (unpaired) electrons. The molecule has 1 saturated heterocycles. The highest BCUT2D eigenvalue weighted by Crippen LogP contribution is 2.19. The molecule has 1 heterocycles. The summed E-state index contributed by atoms with van der Waals surface area (Å²) in [6, 6.07) is 4.77. The van der Waals surface area contributed by atoms with Gasteiger partial charge in [-0.2, -0.15) is 0 Å². The van der Waals surface area contributed by atoms with E-state index in [0.29, 0.717) is 25.2 Å². The van der Waals surface area contributed by atoms with E-state index >= 15 is 0 Å². The highest BCUT2D eigenvalue weighted by atomic mass is 79.9. The summed E-state index contributed by atoms with van der Waals surface area (Å²) in [5.41, 5.74) is 0.565. The van der Waals surface area contributed by atoms with Crippen molar-refractivity contribution < 1.29 is 14.6 Å². The van der Waals surface area contributed by atoms with Gasteiger partial charge in [-0.25, -0.2) is 4.39 Å². The molecule has 2 unspecified atom stereocenters. The lowest BCUT2D eigenvalue weighted by Gasteiger charge is -2.15. The SMILES string of the molecule is OC1CN(Cc2cc(Br)ccc2F)CC1O. The van der Waals surface area contributed by atoms with E-state index in [9.17, 15) is 14.6 Å². The third kappa shape index (κ3) is 2.60. The number of aliphatic hydroxyl groups is 2. The van der Waals surface area contributed by atoms with Crippen LogP contribution in [0.2, 0.25) is 0 Å². The van der Waals surface area contributed by atoms with E-state index in [2.05, 4.69) is 15.9 Å². The largest absolute Gasteiger partial charge is 0.389 e. The molecular weight excluding hydrogens is 277 g/mol. The van der Waals surface area contributed by atoms with Crippen LogP contribution in [-0.4, -0.2) is 40.4 Å². The Kier molecular flexibility index (Phi) is 3.59. The van der Waals surface area contributed by atoms with E-state index < -0.39 is 12.2 Å². The van der Waals surface area contributed by atoms with E-state index in [0.717, 1.165) is 4.47 Å². The Bertz CT molecular complexity index is 378. The Balaban J connectivity index is 2.07. The van der Waals surface area contributed by atoms with Crippen LogP contribution >= 0.6 is 15.9 Å². The molecule has 2 rings (SSSR count). The van der Waals surface area contributed by atoms with Gasteiger partial charge in [0.1, 0.15) is 5.82 Å². The van der Waals surface area contributed by atoms with Crippen molar-refractivity contribution in [1.82, 2.24) is 4.90 Å². The van der Waals surface area contributed by atoms with Crippen LogP contribution in [0.15, 0.2) is 22.7 Å². The second kappa shape index (κ2) is 4.79. The fourth-order valence-electron chi connectivity index (χ4n) is 1.88. The summed E-state index contributed by atoms with van der Waals surface area (Å²) in [4.78, 5) is 1.83. The van der Waals surface area contributed by atoms with Crippen molar-refractivity contribution in [2.45, 2.75) is 18.8 Å². The molecule has 0 saturated carbocycles. The molecule has 0 spiro atoms. The van der Waals surface area contributed by atoms with Crippen molar-refractivity contribution >= 4 is 15.9 Å². The second-order valence-electron chi connectivity index (χ2n) is 4.06. The van der Waals surface area contributed by atoms with Gasteiger partial charge in [0.2, 0.25) is 0 Å². The molecule has 1 aliphatic rings. The molecule has 0 amide bonds. The van der Waals surface area contributed by atoms with Crippen LogP contribution in [0.1, 0.15) is 5.56 Å². The number of aliphatic hydroxyl groups excluding tert-OH is 2. The summed E-state index contributed by atoms with van der Waals surface area (Å²) in [6.45, 7) is 1.17. The summed E-state index contributed by atoms with van der Waals surface area (Å²) in [6.07, 6.45) is -1.45. The maximum Gasteiger partial charge on any atom is 0.127 e. The first-order chi connectivity index (χ1) is 7.56. The Morgan fingerprint density at radius 2 is 1.94 bits per heavy atom. The molecule has 1 aromatic rings. The summed E-state index contributed by atoms with van der Waals surface area (Å²) in [5, 5.41) is 18.8. The molecule has 0 aromatic heterocycles. The number of likely N-dealkylation sites (tertiary alicyclic amines) is 1. The molecule has 1 fully saturated rings. The third-order valence-electron chi connectivity index (χ3n) is 2.74. The van der Waals surface area contributed by atoms with Crippen LogP contribution in [0.3, 0.4) is 0 Å². The predicted molar refractivity (Wildman–Crippen MR) is 61.4 cm³/mol. The highest BCUT2D eigenvalue weighted by Gasteiger charge is 2.29. The van der Waals surface area contributed by atoms with Crippen molar-refractivity contribution in [1.29, 1.82) is 0 Å². The fraction of sp³-hybridized carbons (Fsp3) is 0.455. The van der Waals surface area contributed by atoms with E-state index in [1.165, 1.54) is 6.07 Å². The Morgan fingerprint density at radius 1 is 1.31 bits per heavy atom. The minimum atomic E-state index is -0.727. The minimum Gasteiger partial charge on any atom is -0.389 e. The first-order valence-electron chi connectivity index (χ1n) is 5.08. The van der Waals surface area contributed by atoms with Crippen LogP contribution in [0.4, 0.5) is 4.39 Å². The molecule has 0 bridgehead atoms. The van der Waals surface area contributed by atoms with Gasteiger partial charge in [0.15, 0.2) is 0 Å². The lowest BCUT2D eigenvalue weighted by molar-refractivity contribution is 0.0572. The molecule has 0 aliphatic carbocycles. The predicted octanol–water partition coefficient (Wildman–Crippen LogP) is 1.13. The average molecular weight is 290 g/mol. The van der Waals surface area contributed by atoms with Crippen LogP contribution in [0.5, 0.6) is 0 Å². The van der Waals surface area contributed by atoms with Crippen molar-refractivity contribution in [3.05, 3.63) is 34.1 Å². The van der Waals surface area contributed by atoms with Gasteiger partial charge in [0.25, 0.3) is 0 Å². The zero-order valence-corrected chi connectivity index (χ0v) is 10.2. The normalized spacial score (nSPS) is 26.2. The van der Waals surface area contributed by atoms with Crippen LogP contribution in [0.25, 0.3) is 0 Å². The number of nitrogens with zero attached hydrogens (tertiary/aromatic N) is 1. The van der Waals surface area contributed by atoms with E-state index in [1.807, 2.05) is 4.90 Å². The maximum absolute atomic E-state index is 13.4. The van der Waals surface area contributed by atoms with Gasteiger partial charge < -0.3 is 10.2 Å². The standard InChI is InChI=1S/C11H13BrFNO2/c12-8-1-2-9(13)7(3-8)4-14-5-10(15)11(16)6-14/h1-3,10-11,15-16H,4-6H2. The Hall–Kier alpha value is -0.490. The Morgan fingerprint density at radius 3 is 2.56 bits per heavy atom. The summed E-state index contributed by atoms with van der Waals surface area (Å²) < 4.78 is 14.3. The van der Waals surface area contributed by atoms with Gasteiger partial charge in [-0.05, 0) is 18.2 Å². The van der Waals surface area contributed by atoms with Crippen molar-refractivity contribution in [3.8, 4) is 0 Å². The second-order valence-corrected chi connectivity index (χ2v) is 4.98. The fourth-order valence-corrected chi connectivity index (χ4v) is 2.29. The van der Waals surface area contributed by atoms with Gasteiger partial charge >= 0.3 is 0 Å². The number of β-amino-alcohol motifs (C(OH)–C–C–N with tert-alkyl or cyclic N) is 2. The number of hydrogen-bond donors (Lipinski definition) is 2. The molecule has 88 valence electrons. The van der Waals surface area contributed by atoms with E-state index in [-0.39, 0.29) is 5.82 Å². The maximum atomic E-state index is 13.4. The van der Waals surface area contributed by atoms with Gasteiger partial charge in [0, 0.05) is 29.7 Å².